The molecule has 1 aromatic rings. The second-order valence-electron chi connectivity index (χ2n) is 9.16. The number of likely N-dealkylation sites (tertiary alicyclic amines) is 1. The lowest BCUT2D eigenvalue weighted by atomic mass is 9.95. The van der Waals surface area contributed by atoms with Gasteiger partial charge in [-0.3, -0.25) is 4.99 Å². The number of terminal acetylenes is 1. The topological polar surface area (TPSA) is 70.5 Å². The fraction of sp³-hybridized carbons (Fsp3) is 0.462. The van der Waals surface area contributed by atoms with Gasteiger partial charge in [0.05, 0.1) is 25.3 Å². The van der Waals surface area contributed by atoms with Crippen molar-refractivity contribution in [3.63, 3.8) is 0 Å². The number of nitrogens with zero attached hydrogens (tertiary/aromatic N) is 3. The van der Waals surface area contributed by atoms with E-state index >= 15 is 0 Å². The van der Waals surface area contributed by atoms with Crippen LogP contribution in [-0.2, 0) is 9.47 Å². The molecule has 0 aromatic heterocycles. The SMILES string of the molecule is C#Cc1cc(NC2=NC=NC3CC(OC)=C(OCCCN4CC5CNCC5C4)C=C23)ccc1F. The zero-order chi connectivity index (χ0) is 23.5. The van der Waals surface area contributed by atoms with Crippen molar-refractivity contribution < 1.29 is 13.9 Å². The van der Waals surface area contributed by atoms with E-state index in [1.165, 1.54) is 25.5 Å². The van der Waals surface area contributed by atoms with E-state index in [-0.39, 0.29) is 11.6 Å². The second kappa shape index (κ2) is 10.00. The Morgan fingerprint density at radius 1 is 1.29 bits per heavy atom. The number of halogens is 1. The first-order chi connectivity index (χ1) is 16.6. The van der Waals surface area contributed by atoms with Crippen molar-refractivity contribution in [1.29, 1.82) is 0 Å². The molecule has 2 N–H and O–H groups in total. The van der Waals surface area contributed by atoms with Gasteiger partial charge in [0, 0.05) is 37.3 Å². The maximum absolute atomic E-state index is 13.8. The molecule has 1 aliphatic carbocycles. The Balaban J connectivity index is 1.23. The summed E-state index contributed by atoms with van der Waals surface area (Å²) in [5.74, 6) is 5.69. The van der Waals surface area contributed by atoms with Gasteiger partial charge in [-0.05, 0) is 55.6 Å². The Kier molecular flexibility index (Phi) is 6.66. The molecule has 3 atom stereocenters. The van der Waals surface area contributed by atoms with Gasteiger partial charge in [-0.2, -0.15) is 0 Å². The van der Waals surface area contributed by atoms with Crippen molar-refractivity contribution in [3.05, 3.63) is 52.7 Å². The van der Waals surface area contributed by atoms with Gasteiger partial charge in [0.1, 0.15) is 23.8 Å². The van der Waals surface area contributed by atoms with Crippen LogP contribution in [0.2, 0.25) is 0 Å². The van der Waals surface area contributed by atoms with Gasteiger partial charge in [-0.25, -0.2) is 9.38 Å². The molecular weight excluding hydrogens is 433 g/mol. The molecule has 1 aromatic carbocycles. The summed E-state index contributed by atoms with van der Waals surface area (Å²) in [5.41, 5.74) is 1.77. The molecule has 3 aliphatic heterocycles. The van der Waals surface area contributed by atoms with Crippen LogP contribution in [0.1, 0.15) is 18.4 Å². The summed E-state index contributed by atoms with van der Waals surface area (Å²) in [6, 6.07) is 4.47. The lowest BCUT2D eigenvalue weighted by Crippen LogP contribution is -2.30. The fourth-order valence-electron chi connectivity index (χ4n) is 5.18. The van der Waals surface area contributed by atoms with Crippen molar-refractivity contribution >= 4 is 17.9 Å². The van der Waals surface area contributed by atoms with Crippen LogP contribution in [-0.4, -0.2) is 69.6 Å². The van der Waals surface area contributed by atoms with Crippen LogP contribution in [0.5, 0.6) is 0 Å². The number of amidine groups is 1. The van der Waals surface area contributed by atoms with E-state index in [1.807, 2.05) is 6.08 Å². The summed E-state index contributed by atoms with van der Waals surface area (Å²) < 4.78 is 25.6. The molecule has 8 heteroatoms. The van der Waals surface area contributed by atoms with Crippen LogP contribution in [0.25, 0.3) is 0 Å². The van der Waals surface area contributed by atoms with Gasteiger partial charge >= 0.3 is 0 Å². The van der Waals surface area contributed by atoms with Gasteiger partial charge in [-0.1, -0.05) is 5.92 Å². The summed E-state index contributed by atoms with van der Waals surface area (Å²) in [5, 5.41) is 6.74. The monoisotopic (exact) mass is 463 g/mol. The number of allylic oxidation sites excluding steroid dienone is 1. The van der Waals surface area contributed by atoms with E-state index in [2.05, 4.69) is 31.4 Å². The molecule has 178 valence electrons. The second-order valence-corrected chi connectivity index (χ2v) is 9.16. The van der Waals surface area contributed by atoms with Gasteiger partial charge < -0.3 is 25.0 Å². The summed E-state index contributed by atoms with van der Waals surface area (Å²) in [6.07, 6.45) is 10.4. The van der Waals surface area contributed by atoms with Crippen molar-refractivity contribution in [2.24, 2.45) is 21.8 Å². The van der Waals surface area contributed by atoms with E-state index in [0.29, 0.717) is 30.3 Å². The highest BCUT2D eigenvalue weighted by molar-refractivity contribution is 6.13. The van der Waals surface area contributed by atoms with Crippen molar-refractivity contribution in [2.45, 2.75) is 18.9 Å². The van der Waals surface area contributed by atoms with Crippen LogP contribution >= 0.6 is 0 Å². The Hall–Kier alpha value is -3.15. The number of fused-ring (bicyclic) bond motifs is 2. The Bertz CT molecular complexity index is 1090. The molecule has 4 aliphatic rings. The standard InChI is InChI=1S/C26H30FN5O2/c1-3-17-9-20(5-6-22(17)27)31-26-21-10-25(24(33-2)11-23(21)29-16-30-26)34-8-4-7-32-14-18-12-28-13-19(18)15-32/h1,5-6,9-10,16,18-19,23,28H,4,7-8,11-15H2,2H3,(H,29,30,31). The zero-order valence-corrected chi connectivity index (χ0v) is 19.4. The number of aliphatic imine (C=N–C) groups is 2. The highest BCUT2D eigenvalue weighted by Gasteiger charge is 2.35. The number of rotatable bonds is 7. The van der Waals surface area contributed by atoms with E-state index in [4.69, 9.17) is 15.9 Å². The normalized spacial score (nSPS) is 25.9. The van der Waals surface area contributed by atoms with Crippen LogP contribution in [0.3, 0.4) is 0 Å². The third kappa shape index (κ3) is 4.72. The summed E-state index contributed by atoms with van der Waals surface area (Å²) in [6.45, 7) is 6.33. The van der Waals surface area contributed by atoms with Crippen LogP contribution in [0.15, 0.2) is 51.4 Å². The molecule has 34 heavy (non-hydrogen) atoms. The average Bonchev–Trinajstić information content (AvgIpc) is 3.45. The summed E-state index contributed by atoms with van der Waals surface area (Å²) >= 11 is 0. The number of anilines is 1. The van der Waals surface area contributed by atoms with Crippen LogP contribution in [0, 0.1) is 30.0 Å². The number of hydrogen-bond acceptors (Lipinski definition) is 7. The number of methoxy groups -OCH3 is 1. The molecule has 0 spiro atoms. The Morgan fingerprint density at radius 3 is 2.88 bits per heavy atom. The highest BCUT2D eigenvalue weighted by atomic mass is 19.1. The first-order valence-corrected chi connectivity index (χ1v) is 11.8. The van der Waals surface area contributed by atoms with E-state index in [1.54, 1.807) is 19.2 Å². The number of hydrogen-bond donors (Lipinski definition) is 2. The first-order valence-electron chi connectivity index (χ1n) is 11.8. The molecule has 2 saturated heterocycles. The largest absolute Gasteiger partial charge is 0.497 e. The first kappa shape index (κ1) is 22.6. The predicted molar refractivity (Wildman–Crippen MR) is 131 cm³/mol. The third-order valence-corrected chi connectivity index (χ3v) is 6.98. The smallest absolute Gasteiger partial charge is 0.157 e. The molecule has 5 rings (SSSR count). The minimum Gasteiger partial charge on any atom is -0.497 e. The van der Waals surface area contributed by atoms with Crippen molar-refractivity contribution in [3.8, 4) is 12.3 Å². The lowest BCUT2D eigenvalue weighted by molar-refractivity contribution is 0.165. The minimum absolute atomic E-state index is 0.118. The maximum Gasteiger partial charge on any atom is 0.157 e. The molecule has 0 bridgehead atoms. The van der Waals surface area contributed by atoms with Crippen LogP contribution < -0.4 is 10.6 Å². The number of benzene rings is 1. The van der Waals surface area contributed by atoms with Gasteiger partial charge in [0.15, 0.2) is 5.76 Å². The van der Waals surface area contributed by atoms with Crippen LogP contribution in [0.4, 0.5) is 10.1 Å². The highest BCUT2D eigenvalue weighted by Crippen LogP contribution is 2.31. The molecular formula is C26H30FN5O2. The molecule has 7 nitrogen and oxygen atoms in total. The Labute approximate surface area is 199 Å². The van der Waals surface area contributed by atoms with Gasteiger partial charge in [0.2, 0.25) is 0 Å². The fourth-order valence-corrected chi connectivity index (χ4v) is 5.18. The zero-order valence-electron chi connectivity index (χ0n) is 19.4. The number of ether oxygens (including phenoxy) is 2. The molecule has 0 amide bonds. The molecule has 0 radical (unpaired) electrons. The molecule has 0 saturated carbocycles. The van der Waals surface area contributed by atoms with E-state index < -0.39 is 5.82 Å². The quantitative estimate of drug-likeness (QED) is 0.481. The maximum atomic E-state index is 13.8. The average molecular weight is 464 g/mol. The van der Waals surface area contributed by atoms with Gasteiger partial charge in [-0.15, -0.1) is 6.42 Å². The lowest BCUT2D eigenvalue weighted by Gasteiger charge is -2.27. The predicted octanol–water partition coefficient (Wildman–Crippen LogP) is 2.77. The third-order valence-electron chi connectivity index (χ3n) is 6.98. The van der Waals surface area contributed by atoms with Crippen molar-refractivity contribution in [2.75, 3.05) is 51.8 Å². The van der Waals surface area contributed by atoms with E-state index in [0.717, 1.165) is 49.2 Å². The molecule has 3 heterocycles. The van der Waals surface area contributed by atoms with Gasteiger partial charge in [0.25, 0.3) is 0 Å². The number of nitrogens with one attached hydrogen (secondary N) is 2. The summed E-state index contributed by atoms with van der Waals surface area (Å²) in [7, 11) is 1.66. The molecule has 2 fully saturated rings. The van der Waals surface area contributed by atoms with Crippen molar-refractivity contribution in [1.82, 2.24) is 10.2 Å². The summed E-state index contributed by atoms with van der Waals surface area (Å²) in [4.78, 5) is 11.5. The Morgan fingerprint density at radius 2 is 2.12 bits per heavy atom. The van der Waals surface area contributed by atoms with E-state index in [9.17, 15) is 4.39 Å². The molecule has 3 unspecified atom stereocenters. The minimum atomic E-state index is -0.424.